The van der Waals surface area contributed by atoms with Gasteiger partial charge in [-0.3, -0.25) is 14.6 Å². The Morgan fingerprint density at radius 3 is 1.95 bits per heavy atom. The van der Waals surface area contributed by atoms with Crippen LogP contribution in [0.2, 0.25) is 0 Å². The molecule has 0 N–H and O–H groups in total. The minimum Gasteiger partial charge on any atom is -0.485 e. The van der Waals surface area contributed by atoms with Crippen LogP contribution in [0.4, 0.5) is 11.6 Å². The maximum atomic E-state index is 14.2. The first-order chi connectivity index (χ1) is 29.9. The Morgan fingerprint density at radius 2 is 1.34 bits per heavy atom. The van der Waals surface area contributed by atoms with Crippen LogP contribution < -0.4 is 19.3 Å². The predicted molar refractivity (Wildman–Crippen MR) is 233 cm³/mol. The molecule has 1 atom stereocenters. The number of likely N-dealkylation sites (tertiary alicyclic amines) is 1. The van der Waals surface area contributed by atoms with E-state index in [2.05, 4.69) is 4.98 Å². The van der Waals surface area contributed by atoms with Gasteiger partial charge in [0.05, 0.1) is 39.5 Å². The minimum atomic E-state index is -0.299. The summed E-state index contributed by atoms with van der Waals surface area (Å²) >= 11 is 0. The van der Waals surface area contributed by atoms with E-state index in [0.29, 0.717) is 74.1 Å². The summed E-state index contributed by atoms with van der Waals surface area (Å²) in [7, 11) is 5.71. The van der Waals surface area contributed by atoms with Gasteiger partial charge in [0.1, 0.15) is 46.7 Å². The zero-order valence-corrected chi connectivity index (χ0v) is 36.9. The molecule has 4 aromatic heterocycles. The molecule has 2 aliphatic carbocycles. The molecule has 328 valence electrons. The highest BCUT2D eigenvalue weighted by Gasteiger charge is 2.32. The van der Waals surface area contributed by atoms with E-state index in [0.717, 1.165) is 91.2 Å². The molecule has 0 aromatic carbocycles. The molecule has 16 nitrogen and oxygen atoms in total. The number of amides is 2. The molecule has 2 amide bonds. The number of ether oxygens (including phenoxy) is 4. The summed E-state index contributed by atoms with van der Waals surface area (Å²) in [4.78, 5) is 65.1. The van der Waals surface area contributed by atoms with Gasteiger partial charge in [-0.25, -0.2) is 24.9 Å². The molecule has 0 spiro atoms. The average molecular weight is 847 g/mol. The largest absolute Gasteiger partial charge is 0.485 e. The summed E-state index contributed by atoms with van der Waals surface area (Å²) in [5, 5.41) is 0. The lowest BCUT2D eigenvalue weighted by Gasteiger charge is -2.34. The van der Waals surface area contributed by atoms with Crippen LogP contribution in [0, 0.1) is 0 Å². The fourth-order valence-corrected chi connectivity index (χ4v) is 8.74. The Balaban J connectivity index is 0.949. The first-order valence-corrected chi connectivity index (χ1v) is 22.1. The van der Waals surface area contributed by atoms with Crippen LogP contribution in [0.3, 0.4) is 0 Å². The molecule has 7 heterocycles. The van der Waals surface area contributed by atoms with Crippen molar-refractivity contribution in [3.05, 3.63) is 58.7 Å². The van der Waals surface area contributed by atoms with E-state index in [-0.39, 0.29) is 48.6 Å². The molecule has 0 saturated carbocycles. The van der Waals surface area contributed by atoms with Crippen LogP contribution >= 0.6 is 0 Å². The maximum Gasteiger partial charge on any atom is 0.242 e. The third-order valence-electron chi connectivity index (χ3n) is 12.7. The van der Waals surface area contributed by atoms with Gasteiger partial charge >= 0.3 is 0 Å². The third kappa shape index (κ3) is 8.89. The van der Waals surface area contributed by atoms with Gasteiger partial charge in [0.15, 0.2) is 11.6 Å². The average Bonchev–Trinajstić information content (AvgIpc) is 3.92. The number of fused-ring (bicyclic) bond motifs is 2. The lowest BCUT2D eigenvalue weighted by atomic mass is 9.93. The van der Waals surface area contributed by atoms with Crippen molar-refractivity contribution in [2.24, 2.45) is 0 Å². The number of nitrogens with zero attached hydrogens (tertiary/aromatic N) is 10. The van der Waals surface area contributed by atoms with Gasteiger partial charge < -0.3 is 38.5 Å². The smallest absolute Gasteiger partial charge is 0.242 e. The van der Waals surface area contributed by atoms with Crippen LogP contribution in [-0.4, -0.2) is 143 Å². The number of hydrogen-bond acceptors (Lipinski definition) is 14. The number of hydrogen-bond donors (Lipinski definition) is 0. The van der Waals surface area contributed by atoms with E-state index >= 15 is 0 Å². The molecule has 3 fully saturated rings. The second kappa shape index (κ2) is 17.4. The number of carbonyl (C=O) groups excluding carboxylic acids is 2. The van der Waals surface area contributed by atoms with Crippen molar-refractivity contribution >= 4 is 23.5 Å². The summed E-state index contributed by atoms with van der Waals surface area (Å²) < 4.78 is 23.2. The number of aryl methyl sites for hydroxylation is 2. The van der Waals surface area contributed by atoms with Gasteiger partial charge in [-0.15, -0.1) is 0 Å². The van der Waals surface area contributed by atoms with E-state index in [1.807, 2.05) is 80.9 Å². The lowest BCUT2D eigenvalue weighted by Crippen LogP contribution is -2.46. The Morgan fingerprint density at radius 1 is 0.742 bits per heavy atom. The minimum absolute atomic E-state index is 0.0167. The number of rotatable bonds is 13. The highest BCUT2D eigenvalue weighted by molar-refractivity contribution is 5.82. The number of piperidine rings is 1. The zero-order chi connectivity index (χ0) is 43.1. The summed E-state index contributed by atoms with van der Waals surface area (Å²) in [5.74, 6) is 3.97. The molecule has 0 radical (unpaired) electrons. The highest BCUT2D eigenvalue weighted by Crippen LogP contribution is 2.36. The molecule has 5 aliphatic rings. The number of carbonyl (C=O) groups is 2. The van der Waals surface area contributed by atoms with E-state index in [9.17, 15) is 9.59 Å². The maximum absolute atomic E-state index is 14.2. The monoisotopic (exact) mass is 846 g/mol. The van der Waals surface area contributed by atoms with Crippen molar-refractivity contribution in [2.75, 3.05) is 83.5 Å². The van der Waals surface area contributed by atoms with Gasteiger partial charge in [0.2, 0.25) is 11.8 Å². The summed E-state index contributed by atoms with van der Waals surface area (Å²) in [6, 6.07) is 7.64. The van der Waals surface area contributed by atoms with E-state index < -0.39 is 0 Å². The van der Waals surface area contributed by atoms with Crippen molar-refractivity contribution in [1.29, 1.82) is 0 Å². The highest BCUT2D eigenvalue weighted by atomic mass is 16.6. The van der Waals surface area contributed by atoms with Crippen LogP contribution in [0.1, 0.15) is 80.6 Å². The predicted octanol–water partition coefficient (Wildman–Crippen LogP) is 4.46. The first kappa shape index (κ1) is 41.9. The van der Waals surface area contributed by atoms with Crippen molar-refractivity contribution in [1.82, 2.24) is 39.7 Å². The molecular formula is C46H58N10O6. The van der Waals surface area contributed by atoms with Crippen molar-refractivity contribution < 1.29 is 28.5 Å². The summed E-state index contributed by atoms with van der Waals surface area (Å²) in [6.45, 7) is 9.84. The van der Waals surface area contributed by atoms with Crippen molar-refractivity contribution in [2.45, 2.75) is 95.8 Å². The van der Waals surface area contributed by atoms with E-state index in [4.69, 9.17) is 43.9 Å². The molecule has 9 rings (SSSR count). The lowest BCUT2D eigenvalue weighted by molar-refractivity contribution is -0.132. The second-order valence-electron chi connectivity index (χ2n) is 18.4. The topological polar surface area (TPSA) is 161 Å². The fraction of sp³-hybridized carbons (Fsp3) is 0.565. The standard InChI is InChI=1S/C46H58N10O6/c1-46(2,3)55(6)40(57)22-53(4)45-34-12-8-14-36(34)50-43(52-45)39-20-30(62-32-26-60-27-32)19-37(48-39)28-10-9-17-56(21-28)41(58)23-54(5)44-33-11-7-13-35(33)49-42(51-44)38-18-29(15-16-47-38)61-31-24-59-25-31/h15-16,18-20,28,31-32H,7-14,17,21-27H2,1-6H3. The molecular weight excluding hydrogens is 789 g/mol. The summed E-state index contributed by atoms with van der Waals surface area (Å²) in [6.07, 6.45) is 8.81. The van der Waals surface area contributed by atoms with Gasteiger partial charge in [-0.05, 0) is 78.2 Å². The van der Waals surface area contributed by atoms with Crippen LogP contribution in [0.15, 0.2) is 30.5 Å². The number of anilines is 2. The molecule has 62 heavy (non-hydrogen) atoms. The van der Waals surface area contributed by atoms with Crippen molar-refractivity contribution in [3.8, 4) is 34.5 Å². The van der Waals surface area contributed by atoms with Gasteiger partial charge in [0, 0.05) is 98.3 Å². The molecule has 4 aromatic rings. The zero-order valence-electron chi connectivity index (χ0n) is 36.9. The SMILES string of the molecule is CN(CC(=O)N1CCCC(c2cc(OC3COC3)cc(-c3nc4c(c(N(C)CC(=O)N(C)C(C)(C)C)n3)CCC4)n2)C1)c1nc(-c2cc(OC3COC3)ccn2)nc2c1CCC2. The second-order valence-corrected chi connectivity index (χ2v) is 18.4. The summed E-state index contributed by atoms with van der Waals surface area (Å²) in [5.41, 5.74) is 5.97. The Labute approximate surface area is 363 Å². The van der Waals surface area contributed by atoms with Crippen LogP contribution in [-0.2, 0) is 44.7 Å². The van der Waals surface area contributed by atoms with E-state index in [1.54, 1.807) is 11.1 Å². The number of likely N-dealkylation sites (N-methyl/N-ethyl adjacent to an activating group) is 3. The molecule has 1 unspecified atom stereocenters. The van der Waals surface area contributed by atoms with Crippen LogP contribution in [0.25, 0.3) is 23.0 Å². The van der Waals surface area contributed by atoms with Gasteiger partial charge in [-0.1, -0.05) is 0 Å². The number of aromatic nitrogens is 6. The van der Waals surface area contributed by atoms with Crippen molar-refractivity contribution in [3.63, 3.8) is 0 Å². The van der Waals surface area contributed by atoms with Gasteiger partial charge in [-0.2, -0.15) is 0 Å². The number of pyridine rings is 2. The van der Waals surface area contributed by atoms with E-state index in [1.165, 1.54) is 0 Å². The molecule has 3 aliphatic heterocycles. The molecule has 0 bridgehead atoms. The molecule has 16 heteroatoms. The first-order valence-electron chi connectivity index (χ1n) is 22.1. The van der Waals surface area contributed by atoms with Crippen LogP contribution in [0.5, 0.6) is 11.5 Å². The quantitative estimate of drug-likeness (QED) is 0.186. The Kier molecular flexibility index (Phi) is 11.7. The molecule has 3 saturated heterocycles. The Hall–Kier alpha value is -5.48. The van der Waals surface area contributed by atoms with Gasteiger partial charge in [0.25, 0.3) is 0 Å². The Bertz CT molecular complexity index is 2330. The fourth-order valence-electron chi connectivity index (χ4n) is 8.74. The third-order valence-corrected chi connectivity index (χ3v) is 12.7. The normalized spacial score (nSPS) is 18.7.